The molecule has 0 amide bonds. The molecule has 20 heavy (non-hydrogen) atoms. The van der Waals surface area contributed by atoms with E-state index in [0.717, 1.165) is 18.4 Å². The highest BCUT2D eigenvalue weighted by Crippen LogP contribution is 2.51. The van der Waals surface area contributed by atoms with Crippen LogP contribution < -0.4 is 11.1 Å². The first-order valence-corrected chi connectivity index (χ1v) is 7.41. The summed E-state index contributed by atoms with van der Waals surface area (Å²) in [4.78, 5) is 12.3. The summed E-state index contributed by atoms with van der Waals surface area (Å²) in [5.41, 5.74) is 7.31. The number of alkyl halides is 3. The Hall–Kier alpha value is -1.24. The van der Waals surface area contributed by atoms with Crippen molar-refractivity contribution in [2.24, 2.45) is 0 Å². The molecular formula is C13H17F3N2OS. The van der Waals surface area contributed by atoms with Gasteiger partial charge in [0.15, 0.2) is 5.78 Å². The quantitative estimate of drug-likeness (QED) is 0.776. The van der Waals surface area contributed by atoms with Crippen LogP contribution in [0.15, 0.2) is 0 Å². The van der Waals surface area contributed by atoms with Crippen LogP contribution in [0.1, 0.15) is 53.8 Å². The van der Waals surface area contributed by atoms with E-state index in [-0.39, 0.29) is 18.2 Å². The van der Waals surface area contributed by atoms with Crippen molar-refractivity contribution in [3.8, 4) is 0 Å². The average Bonchev–Trinajstić information content (AvgIpc) is 3.12. The number of hydrogen-bond donors (Lipinski definition) is 2. The second-order valence-corrected chi connectivity index (χ2v) is 5.95. The highest BCUT2D eigenvalue weighted by Gasteiger charge is 2.33. The van der Waals surface area contributed by atoms with Gasteiger partial charge in [-0.05, 0) is 18.8 Å². The van der Waals surface area contributed by atoms with Crippen LogP contribution in [0.2, 0.25) is 0 Å². The zero-order chi connectivity index (χ0) is 14.9. The van der Waals surface area contributed by atoms with Gasteiger partial charge in [-0.2, -0.15) is 13.2 Å². The first-order valence-electron chi connectivity index (χ1n) is 6.59. The number of halogens is 3. The van der Waals surface area contributed by atoms with E-state index < -0.39 is 12.6 Å². The van der Waals surface area contributed by atoms with Crippen LogP contribution >= 0.6 is 11.3 Å². The normalized spacial score (nSPS) is 15.4. The number of thiophene rings is 1. The number of nitrogen functional groups attached to an aromatic ring is 1. The van der Waals surface area contributed by atoms with Gasteiger partial charge in [-0.15, -0.1) is 11.3 Å². The van der Waals surface area contributed by atoms with Crippen molar-refractivity contribution in [1.29, 1.82) is 0 Å². The number of ketones is 1. The van der Waals surface area contributed by atoms with Crippen LogP contribution in [0.3, 0.4) is 0 Å². The number of carbonyl (C=O) groups is 1. The molecule has 0 atom stereocenters. The molecule has 0 saturated heterocycles. The van der Waals surface area contributed by atoms with Gasteiger partial charge in [-0.1, -0.05) is 6.92 Å². The average molecular weight is 306 g/mol. The smallest absolute Gasteiger partial charge is 0.390 e. The minimum atomic E-state index is -4.18. The first kappa shape index (κ1) is 15.2. The predicted octanol–water partition coefficient (Wildman–Crippen LogP) is 4.16. The van der Waals surface area contributed by atoms with Gasteiger partial charge in [-0.3, -0.25) is 4.79 Å². The minimum Gasteiger partial charge on any atom is -0.397 e. The molecule has 1 aromatic rings. The molecule has 0 aromatic carbocycles. The Kier molecular flexibility index (Phi) is 4.27. The van der Waals surface area contributed by atoms with Crippen LogP contribution in [0.25, 0.3) is 0 Å². The number of Topliss-reactive ketones (excluding diaryl/α,β-unsaturated/α-hetero) is 1. The van der Waals surface area contributed by atoms with Crippen molar-refractivity contribution in [1.82, 2.24) is 0 Å². The lowest BCUT2D eigenvalue weighted by Crippen LogP contribution is -2.14. The van der Waals surface area contributed by atoms with E-state index in [1.54, 1.807) is 6.92 Å². The van der Waals surface area contributed by atoms with E-state index in [2.05, 4.69) is 5.32 Å². The van der Waals surface area contributed by atoms with Crippen molar-refractivity contribution in [3.63, 3.8) is 0 Å². The zero-order valence-electron chi connectivity index (χ0n) is 11.1. The zero-order valence-corrected chi connectivity index (χ0v) is 12.0. The molecule has 1 aliphatic carbocycles. The number of carbonyl (C=O) groups excluding carboxylic acids is 1. The van der Waals surface area contributed by atoms with E-state index in [0.29, 0.717) is 22.0 Å². The predicted molar refractivity (Wildman–Crippen MR) is 74.5 cm³/mol. The summed E-state index contributed by atoms with van der Waals surface area (Å²) in [5, 5.41) is 3.43. The molecule has 1 saturated carbocycles. The summed E-state index contributed by atoms with van der Waals surface area (Å²) < 4.78 is 36.5. The third-order valence-electron chi connectivity index (χ3n) is 3.24. The summed E-state index contributed by atoms with van der Waals surface area (Å²) in [6, 6.07) is 0. The fraction of sp³-hybridized carbons (Fsp3) is 0.615. The Morgan fingerprint density at radius 3 is 2.60 bits per heavy atom. The maximum Gasteiger partial charge on any atom is 0.390 e. The van der Waals surface area contributed by atoms with Crippen molar-refractivity contribution >= 4 is 27.8 Å². The summed E-state index contributed by atoms with van der Waals surface area (Å²) in [6.45, 7) is 1.55. The molecule has 1 fully saturated rings. The number of anilines is 2. The van der Waals surface area contributed by atoms with Crippen molar-refractivity contribution in [2.45, 2.75) is 44.7 Å². The largest absolute Gasteiger partial charge is 0.397 e. The molecule has 112 valence electrons. The molecule has 0 aliphatic heterocycles. The van der Waals surface area contributed by atoms with Gasteiger partial charge >= 0.3 is 6.18 Å². The van der Waals surface area contributed by atoms with Gasteiger partial charge in [0.05, 0.1) is 22.0 Å². The second kappa shape index (κ2) is 5.63. The number of hydrogen-bond acceptors (Lipinski definition) is 4. The number of nitrogens with two attached hydrogens (primary N) is 1. The van der Waals surface area contributed by atoms with Gasteiger partial charge < -0.3 is 11.1 Å². The van der Waals surface area contributed by atoms with E-state index in [4.69, 9.17) is 5.73 Å². The first-order chi connectivity index (χ1) is 9.33. The molecule has 3 N–H and O–H groups in total. The lowest BCUT2D eigenvalue weighted by Gasteiger charge is -2.09. The number of nitrogens with one attached hydrogen (secondary N) is 1. The van der Waals surface area contributed by atoms with Crippen LogP contribution in [0, 0.1) is 0 Å². The molecule has 0 radical (unpaired) electrons. The van der Waals surface area contributed by atoms with Crippen molar-refractivity contribution < 1.29 is 18.0 Å². The number of rotatable bonds is 6. The molecule has 1 aliphatic rings. The molecule has 7 heteroatoms. The van der Waals surface area contributed by atoms with Crippen molar-refractivity contribution in [3.05, 3.63) is 10.4 Å². The van der Waals surface area contributed by atoms with Gasteiger partial charge in [-0.25, -0.2) is 0 Å². The third-order valence-corrected chi connectivity index (χ3v) is 4.46. The summed E-state index contributed by atoms with van der Waals surface area (Å²) in [7, 11) is 0. The molecule has 0 bridgehead atoms. The van der Waals surface area contributed by atoms with Crippen LogP contribution in [0.4, 0.5) is 23.9 Å². The lowest BCUT2D eigenvalue weighted by atomic mass is 10.1. The Morgan fingerprint density at radius 2 is 2.10 bits per heavy atom. The summed E-state index contributed by atoms with van der Waals surface area (Å²) in [6.07, 6.45) is -2.77. The Balaban J connectivity index is 2.16. The topological polar surface area (TPSA) is 55.1 Å². The SMILES string of the molecule is CCC(=O)c1sc(NCCC(F)(F)F)c(C2CC2)c1N. The molecule has 2 rings (SSSR count). The molecule has 1 aromatic heterocycles. The highest BCUT2D eigenvalue weighted by molar-refractivity contribution is 7.18. The second-order valence-electron chi connectivity index (χ2n) is 4.93. The summed E-state index contributed by atoms with van der Waals surface area (Å²) in [5.74, 6) is 0.233. The van der Waals surface area contributed by atoms with E-state index in [9.17, 15) is 18.0 Å². The highest BCUT2D eigenvalue weighted by atomic mass is 32.1. The Labute approximate surface area is 119 Å². The Bertz CT molecular complexity index is 506. The molecule has 1 heterocycles. The van der Waals surface area contributed by atoms with E-state index in [1.165, 1.54) is 11.3 Å². The fourth-order valence-electron chi connectivity index (χ4n) is 2.05. The van der Waals surface area contributed by atoms with Crippen LogP contribution in [-0.2, 0) is 0 Å². The molecular weight excluding hydrogens is 289 g/mol. The van der Waals surface area contributed by atoms with Gasteiger partial charge in [0, 0.05) is 18.5 Å². The molecule has 0 unspecified atom stereocenters. The molecule has 0 spiro atoms. The monoisotopic (exact) mass is 306 g/mol. The molecule has 3 nitrogen and oxygen atoms in total. The van der Waals surface area contributed by atoms with Gasteiger partial charge in [0.25, 0.3) is 0 Å². The maximum absolute atomic E-state index is 12.2. The minimum absolute atomic E-state index is 0.0572. The Morgan fingerprint density at radius 1 is 1.45 bits per heavy atom. The van der Waals surface area contributed by atoms with E-state index >= 15 is 0 Å². The van der Waals surface area contributed by atoms with Crippen LogP contribution in [0.5, 0.6) is 0 Å². The lowest BCUT2D eigenvalue weighted by molar-refractivity contribution is -0.131. The van der Waals surface area contributed by atoms with E-state index in [1.807, 2.05) is 0 Å². The van der Waals surface area contributed by atoms with Gasteiger partial charge in [0.2, 0.25) is 0 Å². The fourth-order valence-corrected chi connectivity index (χ4v) is 3.29. The van der Waals surface area contributed by atoms with Crippen molar-refractivity contribution in [2.75, 3.05) is 17.6 Å². The third kappa shape index (κ3) is 3.45. The van der Waals surface area contributed by atoms with Crippen LogP contribution in [-0.4, -0.2) is 18.5 Å². The maximum atomic E-state index is 12.2. The summed E-state index contributed by atoms with van der Waals surface area (Å²) >= 11 is 1.18. The standard InChI is InChI=1S/C13H17F3N2OS/c1-2-8(19)11-10(17)9(7-3-4-7)12(20-11)18-6-5-13(14,15)16/h7,18H,2-6,17H2,1H3. The van der Waals surface area contributed by atoms with Gasteiger partial charge in [0.1, 0.15) is 0 Å².